The monoisotopic (exact) mass is 1670 g/mol. The molecule has 25 aromatic rings. The van der Waals surface area contributed by atoms with Crippen molar-refractivity contribution < 1.29 is 0 Å². The number of para-hydroxylation sites is 9. The van der Waals surface area contributed by atoms with E-state index in [2.05, 4.69) is 381 Å². The Kier molecular flexibility index (Phi) is 15.2. The lowest BCUT2D eigenvalue weighted by atomic mass is 9.82. The smallest absolute Gasteiger partial charge is 0.165 e. The van der Waals surface area contributed by atoms with Crippen LogP contribution in [0.5, 0.6) is 0 Å². The van der Waals surface area contributed by atoms with Gasteiger partial charge in [0.15, 0.2) is 17.5 Å². The molecule has 0 spiro atoms. The van der Waals surface area contributed by atoms with Crippen molar-refractivity contribution >= 4 is 130 Å². The summed E-state index contributed by atoms with van der Waals surface area (Å²) < 4.78 is 9.72. The second-order valence-corrected chi connectivity index (χ2v) is 37.3. The van der Waals surface area contributed by atoms with Crippen LogP contribution in [0.3, 0.4) is 0 Å². The van der Waals surface area contributed by atoms with E-state index < -0.39 is 0 Å². The highest BCUT2D eigenvalue weighted by atomic mass is 32.1. The van der Waals surface area contributed by atoms with E-state index in [-0.39, 0.29) is 10.8 Å². The molecular formula is C120H75N9S. The van der Waals surface area contributed by atoms with Gasteiger partial charge in [0, 0.05) is 96.7 Å². The van der Waals surface area contributed by atoms with E-state index in [1.807, 2.05) is 53.8 Å². The lowest BCUT2D eigenvalue weighted by Gasteiger charge is -2.21. The van der Waals surface area contributed by atoms with Crippen molar-refractivity contribution in [1.82, 2.24) is 43.6 Å². The quantitative estimate of drug-likeness (QED) is 0.175. The summed E-state index contributed by atoms with van der Waals surface area (Å²) in [6.07, 6.45) is 0. The first kappa shape index (κ1) is 72.9. The number of hydrogen-bond donors (Lipinski definition) is 0. The van der Waals surface area contributed by atoms with Crippen molar-refractivity contribution in [2.45, 2.75) is 38.5 Å². The zero-order valence-corrected chi connectivity index (χ0v) is 72.1. The van der Waals surface area contributed by atoms with Crippen LogP contribution in [0, 0.1) is 0 Å². The van der Waals surface area contributed by atoms with Crippen LogP contribution in [0.25, 0.3) is 259 Å². The Morgan fingerprint density at radius 1 is 0.200 bits per heavy atom. The average Bonchev–Trinajstić information content (AvgIpc) is 1.55. The Labute approximate surface area is 751 Å². The first-order chi connectivity index (χ1) is 64.0. The van der Waals surface area contributed by atoms with Gasteiger partial charge < -0.3 is 0 Å². The van der Waals surface area contributed by atoms with E-state index >= 15 is 0 Å². The van der Waals surface area contributed by atoms with Gasteiger partial charge in [-0.3, -0.25) is 13.7 Å². The zero-order chi connectivity index (χ0) is 85.7. The lowest BCUT2D eigenvalue weighted by molar-refractivity contribution is 0.660. The Balaban J connectivity index is 0.0000000981. The molecule has 130 heavy (non-hydrogen) atoms. The zero-order valence-electron chi connectivity index (χ0n) is 71.3. The van der Waals surface area contributed by atoms with Crippen LogP contribution in [0.15, 0.2) is 382 Å². The van der Waals surface area contributed by atoms with Gasteiger partial charge in [0.1, 0.15) is 17.1 Å². The van der Waals surface area contributed by atoms with Gasteiger partial charge in [0.05, 0.1) is 66.2 Å². The minimum absolute atomic E-state index is 0.000878. The summed E-state index contributed by atoms with van der Waals surface area (Å²) in [6, 6.07) is 138. The maximum absolute atomic E-state index is 5.31. The number of aromatic nitrogens is 9. The molecule has 0 amide bonds. The fourth-order valence-corrected chi connectivity index (χ4v) is 23.8. The molecule has 0 bridgehead atoms. The van der Waals surface area contributed by atoms with Crippen LogP contribution in [0.2, 0.25) is 0 Å². The first-order valence-corrected chi connectivity index (χ1v) is 45.5. The van der Waals surface area contributed by atoms with Crippen molar-refractivity contribution in [1.29, 1.82) is 0 Å². The first-order valence-electron chi connectivity index (χ1n) is 44.7. The van der Waals surface area contributed by atoms with E-state index in [0.717, 1.165) is 101 Å². The largest absolute Gasteiger partial charge is 0.291 e. The van der Waals surface area contributed by atoms with Crippen molar-refractivity contribution in [2.24, 2.45) is 0 Å². The fourth-order valence-electron chi connectivity index (χ4n) is 22.6. The molecule has 3 aliphatic heterocycles. The Hall–Kier alpha value is -16.4. The molecule has 10 heterocycles. The van der Waals surface area contributed by atoms with Crippen LogP contribution in [-0.4, -0.2) is 43.6 Å². The van der Waals surface area contributed by atoms with Crippen molar-refractivity contribution in [2.75, 3.05) is 0 Å². The molecule has 0 saturated carbocycles. The maximum Gasteiger partial charge on any atom is 0.165 e. The molecular weight excluding hydrogens is 1600 g/mol. The van der Waals surface area contributed by atoms with Gasteiger partial charge in [0.25, 0.3) is 0 Å². The van der Waals surface area contributed by atoms with Crippen molar-refractivity contribution in [3.05, 3.63) is 404 Å². The van der Waals surface area contributed by atoms with Crippen LogP contribution in [0.4, 0.5) is 0 Å². The third-order valence-corrected chi connectivity index (χ3v) is 29.8. The number of hydrogen-bond acceptors (Lipinski definition) is 7. The van der Waals surface area contributed by atoms with Gasteiger partial charge in [-0.2, -0.15) is 0 Å². The highest BCUT2D eigenvalue weighted by Crippen LogP contribution is 2.56. The molecule has 5 aliphatic rings. The standard InChI is InChI=1S/2C41H27N3.C38H21N3S/c1-41(2)33-15-6-5-11-27(33)32-22-24(19-21-34(32)41)25-18-20-28-31-14-9-13-30-26-10-3-4-12-29(26)38-40(44(39(30)31)37(28)23-25)43-36-17-8-7-16-35(36)42-38;1-41(2)33-15-6-5-11-27(33)31-22-24(18-20-34(31)41)25-19-21-37-32(23-25)30-14-9-13-29-26-10-3-4-12-28(26)38-40(44(37)39(29)30)43-36-17-8-7-16-35(36)42-38;1-2-11-26-24(9-1)27-13-8-14-28-30-21-22(23-12-7-15-29-25-10-3-6-18-34(25)42-37(23)29)19-20-33(30)41(36(27)28)38-35(26)39-31-16-4-5-17-32(31)40-38/h2*3-23H,1-2H3;1-21H. The predicted octanol–water partition coefficient (Wildman–Crippen LogP) is 31.1. The summed E-state index contributed by atoms with van der Waals surface area (Å²) in [4.78, 5) is 31.5. The molecule has 2 aliphatic carbocycles. The molecule has 9 nitrogen and oxygen atoms in total. The van der Waals surface area contributed by atoms with Gasteiger partial charge in [0.2, 0.25) is 0 Å². The normalized spacial score (nSPS) is 13.4. The summed E-state index contributed by atoms with van der Waals surface area (Å²) >= 11 is 1.88. The van der Waals surface area contributed by atoms with Gasteiger partial charge in [-0.15, -0.1) is 11.3 Å². The SMILES string of the molecule is CC1(C)c2ccccc2-c2cc(-c3ccc4c(c3)c3cccc5c3n4-c3nc4ccccc4nc3-c3ccccc3-5)ccc21.CC1(C)c2ccccc2-c2cc(-c3ccc4c5cccc6c5n(c4c3)-c3nc4ccccc4nc3-c3ccccc3-6)ccc21.c1ccc2c(c1)-c1nc3ccccc3nc1-n1c3ccc(-c4cccc5c4sc4ccccc45)cc3c3cccc-2c31. The van der Waals surface area contributed by atoms with E-state index in [4.69, 9.17) is 29.9 Å². The summed E-state index contributed by atoms with van der Waals surface area (Å²) in [5, 5.41) is 9.99. The molecule has 606 valence electrons. The second kappa shape index (κ2) is 27.1. The van der Waals surface area contributed by atoms with Gasteiger partial charge in [-0.25, -0.2) is 29.9 Å². The Bertz CT molecular complexity index is 9330. The van der Waals surface area contributed by atoms with Crippen LogP contribution < -0.4 is 0 Å². The molecule has 7 aromatic heterocycles. The molecule has 10 heteroatoms. The Morgan fingerprint density at radius 2 is 0.515 bits per heavy atom. The highest BCUT2D eigenvalue weighted by Gasteiger charge is 2.39. The lowest BCUT2D eigenvalue weighted by Crippen LogP contribution is -2.14. The van der Waals surface area contributed by atoms with Gasteiger partial charge >= 0.3 is 0 Å². The summed E-state index contributed by atoms with van der Waals surface area (Å²) in [6.45, 7) is 9.34. The van der Waals surface area contributed by atoms with Gasteiger partial charge in [-0.1, -0.05) is 325 Å². The summed E-state index contributed by atoms with van der Waals surface area (Å²) in [5.41, 5.74) is 44.0. The van der Waals surface area contributed by atoms with Crippen molar-refractivity contribution in [3.8, 4) is 140 Å². The van der Waals surface area contributed by atoms with E-state index in [1.54, 1.807) is 0 Å². The molecule has 0 atom stereocenters. The van der Waals surface area contributed by atoms with Crippen molar-refractivity contribution in [3.63, 3.8) is 0 Å². The molecule has 0 saturated heterocycles. The van der Waals surface area contributed by atoms with Gasteiger partial charge in [-0.05, 0) is 180 Å². The number of nitrogens with zero attached hydrogens (tertiary/aromatic N) is 9. The fraction of sp³-hybridized carbons (Fsp3) is 0.0500. The molecule has 0 radical (unpaired) electrons. The minimum Gasteiger partial charge on any atom is -0.291 e. The molecule has 30 rings (SSSR count). The number of benzene rings is 18. The maximum atomic E-state index is 5.31. The van der Waals surface area contributed by atoms with E-state index in [1.165, 1.54) is 180 Å². The van der Waals surface area contributed by atoms with E-state index in [0.29, 0.717) is 0 Å². The van der Waals surface area contributed by atoms with Crippen LogP contribution in [0.1, 0.15) is 49.9 Å². The third-order valence-electron chi connectivity index (χ3n) is 28.6. The minimum atomic E-state index is -0.00729. The Morgan fingerprint density at radius 3 is 0.985 bits per heavy atom. The predicted molar refractivity (Wildman–Crippen MR) is 539 cm³/mol. The number of rotatable bonds is 3. The number of thiophene rings is 1. The van der Waals surface area contributed by atoms with Crippen LogP contribution >= 0.6 is 11.3 Å². The second-order valence-electron chi connectivity index (χ2n) is 36.2. The molecule has 0 unspecified atom stereocenters. The third kappa shape index (κ3) is 10.3. The molecule has 0 fully saturated rings. The van der Waals surface area contributed by atoms with E-state index in [9.17, 15) is 0 Å². The highest BCUT2D eigenvalue weighted by molar-refractivity contribution is 7.26. The van der Waals surface area contributed by atoms with Crippen LogP contribution in [-0.2, 0) is 10.8 Å². The summed E-state index contributed by atoms with van der Waals surface area (Å²) in [5.74, 6) is 2.64. The topological polar surface area (TPSA) is 92.1 Å². The number of fused-ring (bicyclic) bond motifs is 36. The summed E-state index contributed by atoms with van der Waals surface area (Å²) in [7, 11) is 0. The average molecular weight is 1680 g/mol. The molecule has 18 aromatic carbocycles. The molecule has 0 N–H and O–H groups in total.